The lowest BCUT2D eigenvalue weighted by atomic mass is 10.1. The number of hydrogen-bond donors (Lipinski definition) is 0. The molecule has 2 aromatic rings. The summed E-state index contributed by atoms with van der Waals surface area (Å²) in [5, 5.41) is 0. The Morgan fingerprint density at radius 3 is 2.59 bits per heavy atom. The Hall–Kier alpha value is -2.21. The monoisotopic (exact) mass is 366 g/mol. The topological polar surface area (TPSA) is 52.6 Å². The molecule has 114 valence electrons. The van der Waals surface area contributed by atoms with Crippen molar-refractivity contribution in [1.82, 2.24) is 0 Å². The Morgan fingerprint density at radius 2 is 1.91 bits per heavy atom. The smallest absolute Gasteiger partial charge is 0.341 e. The fourth-order valence-electron chi connectivity index (χ4n) is 1.79. The molecular weight excluding hydrogens is 355 g/mol. The van der Waals surface area contributed by atoms with Gasteiger partial charge < -0.3 is 9.47 Å². The van der Waals surface area contributed by atoms with Crippen molar-refractivity contribution in [1.29, 1.82) is 0 Å². The molecule has 22 heavy (non-hydrogen) atoms. The predicted molar refractivity (Wildman–Crippen MR) is 81.0 cm³/mol. The second-order valence-electron chi connectivity index (χ2n) is 4.39. The lowest BCUT2D eigenvalue weighted by molar-refractivity contribution is 0.0467. The highest BCUT2D eigenvalue weighted by atomic mass is 79.9. The van der Waals surface area contributed by atoms with E-state index in [1.54, 1.807) is 30.3 Å². The van der Waals surface area contributed by atoms with Gasteiger partial charge in [0, 0.05) is 4.47 Å². The van der Waals surface area contributed by atoms with E-state index < -0.39 is 17.8 Å². The van der Waals surface area contributed by atoms with Crippen molar-refractivity contribution in [2.75, 3.05) is 7.11 Å². The number of hydrogen-bond acceptors (Lipinski definition) is 4. The zero-order valence-electron chi connectivity index (χ0n) is 11.6. The Bertz CT molecular complexity index is 715. The van der Waals surface area contributed by atoms with Gasteiger partial charge in [-0.2, -0.15) is 0 Å². The van der Waals surface area contributed by atoms with E-state index in [-0.39, 0.29) is 12.2 Å². The first kappa shape index (κ1) is 16.2. The SMILES string of the molecule is COC(=O)c1cccc(COC(=O)c2ccc(Br)cc2F)c1. The average molecular weight is 367 g/mol. The van der Waals surface area contributed by atoms with E-state index in [9.17, 15) is 14.0 Å². The van der Waals surface area contributed by atoms with Crippen LogP contribution in [0.4, 0.5) is 4.39 Å². The van der Waals surface area contributed by atoms with Crippen molar-refractivity contribution in [2.45, 2.75) is 6.61 Å². The number of rotatable bonds is 4. The first-order valence-electron chi connectivity index (χ1n) is 6.30. The van der Waals surface area contributed by atoms with Crippen molar-refractivity contribution in [3.8, 4) is 0 Å². The van der Waals surface area contributed by atoms with E-state index in [1.165, 1.54) is 19.2 Å². The maximum atomic E-state index is 13.7. The molecule has 0 spiro atoms. The molecular formula is C16H12BrFO4. The molecule has 4 nitrogen and oxygen atoms in total. The summed E-state index contributed by atoms with van der Waals surface area (Å²) in [6, 6.07) is 10.6. The number of ether oxygens (including phenoxy) is 2. The lowest BCUT2D eigenvalue weighted by Gasteiger charge is -2.07. The van der Waals surface area contributed by atoms with E-state index in [2.05, 4.69) is 20.7 Å². The van der Waals surface area contributed by atoms with Crippen LogP contribution in [0.5, 0.6) is 0 Å². The minimum absolute atomic E-state index is 0.0703. The average Bonchev–Trinajstić information content (AvgIpc) is 2.52. The van der Waals surface area contributed by atoms with Crippen LogP contribution in [0.2, 0.25) is 0 Å². The zero-order valence-corrected chi connectivity index (χ0v) is 13.2. The molecule has 0 fully saturated rings. The van der Waals surface area contributed by atoms with Gasteiger partial charge in [-0.15, -0.1) is 0 Å². The summed E-state index contributed by atoms with van der Waals surface area (Å²) in [6.07, 6.45) is 0. The molecule has 6 heteroatoms. The molecule has 0 unspecified atom stereocenters. The fraction of sp³-hybridized carbons (Fsp3) is 0.125. The van der Waals surface area contributed by atoms with Gasteiger partial charge in [0.2, 0.25) is 0 Å². The lowest BCUT2D eigenvalue weighted by Crippen LogP contribution is -2.08. The van der Waals surface area contributed by atoms with Crippen LogP contribution in [0, 0.1) is 5.82 Å². The minimum Gasteiger partial charge on any atom is -0.465 e. The van der Waals surface area contributed by atoms with E-state index >= 15 is 0 Å². The first-order valence-corrected chi connectivity index (χ1v) is 7.10. The quantitative estimate of drug-likeness (QED) is 0.773. The fourth-order valence-corrected chi connectivity index (χ4v) is 2.12. The number of halogens is 2. The molecule has 0 bridgehead atoms. The number of methoxy groups -OCH3 is 1. The molecule has 0 heterocycles. The second-order valence-corrected chi connectivity index (χ2v) is 5.31. The van der Waals surface area contributed by atoms with Crippen molar-refractivity contribution in [3.05, 3.63) is 69.4 Å². The van der Waals surface area contributed by atoms with Crippen LogP contribution in [0.25, 0.3) is 0 Å². The third-order valence-electron chi connectivity index (χ3n) is 2.87. The number of esters is 2. The molecule has 0 aliphatic rings. The largest absolute Gasteiger partial charge is 0.465 e. The van der Waals surface area contributed by atoms with Crippen LogP contribution >= 0.6 is 15.9 Å². The standard InChI is InChI=1S/C16H12BrFO4/c1-21-15(19)11-4-2-3-10(7-11)9-22-16(20)13-6-5-12(17)8-14(13)18/h2-8H,9H2,1H3. The van der Waals surface area contributed by atoms with E-state index in [0.29, 0.717) is 15.6 Å². The van der Waals surface area contributed by atoms with Gasteiger partial charge in [-0.05, 0) is 35.9 Å². The summed E-state index contributed by atoms with van der Waals surface area (Å²) in [5.74, 6) is -1.91. The van der Waals surface area contributed by atoms with Gasteiger partial charge in [0.15, 0.2) is 0 Å². The normalized spacial score (nSPS) is 10.1. The highest BCUT2D eigenvalue weighted by molar-refractivity contribution is 9.10. The van der Waals surface area contributed by atoms with Gasteiger partial charge in [-0.25, -0.2) is 14.0 Å². The molecule has 0 saturated carbocycles. The molecule has 0 aliphatic heterocycles. The first-order chi connectivity index (χ1) is 10.5. The molecule has 2 rings (SSSR count). The third kappa shape index (κ3) is 3.92. The molecule has 0 atom stereocenters. The highest BCUT2D eigenvalue weighted by Crippen LogP contribution is 2.17. The van der Waals surface area contributed by atoms with Gasteiger partial charge in [-0.1, -0.05) is 28.1 Å². The second kappa shape index (κ2) is 7.17. The number of carbonyl (C=O) groups is 2. The summed E-state index contributed by atoms with van der Waals surface area (Å²) in [4.78, 5) is 23.3. The number of benzene rings is 2. The molecule has 2 aromatic carbocycles. The van der Waals surface area contributed by atoms with Gasteiger partial charge in [-0.3, -0.25) is 0 Å². The molecule has 0 saturated heterocycles. The van der Waals surface area contributed by atoms with Gasteiger partial charge >= 0.3 is 11.9 Å². The number of carbonyl (C=O) groups excluding carboxylic acids is 2. The maximum absolute atomic E-state index is 13.7. The van der Waals surface area contributed by atoms with Gasteiger partial charge in [0.05, 0.1) is 18.2 Å². The van der Waals surface area contributed by atoms with Crippen molar-refractivity contribution < 1.29 is 23.5 Å². The summed E-state index contributed by atoms with van der Waals surface area (Å²) >= 11 is 3.11. The molecule has 0 amide bonds. The van der Waals surface area contributed by atoms with Gasteiger partial charge in [0.25, 0.3) is 0 Å². The molecule has 0 aliphatic carbocycles. The highest BCUT2D eigenvalue weighted by Gasteiger charge is 2.14. The summed E-state index contributed by atoms with van der Waals surface area (Å²) in [5.41, 5.74) is 0.812. The molecule has 0 radical (unpaired) electrons. The van der Waals surface area contributed by atoms with Crippen LogP contribution in [0.3, 0.4) is 0 Å². The Labute approximate surface area is 135 Å². The minimum atomic E-state index is -0.770. The summed E-state index contributed by atoms with van der Waals surface area (Å²) < 4.78 is 23.9. The Balaban J connectivity index is 2.06. The summed E-state index contributed by atoms with van der Waals surface area (Å²) in [7, 11) is 1.28. The van der Waals surface area contributed by atoms with Gasteiger partial charge in [0.1, 0.15) is 12.4 Å². The predicted octanol–water partition coefficient (Wildman–Crippen LogP) is 3.73. The Morgan fingerprint density at radius 1 is 1.14 bits per heavy atom. The van der Waals surface area contributed by atoms with Crippen LogP contribution in [-0.2, 0) is 16.1 Å². The molecule has 0 N–H and O–H groups in total. The Kier molecular flexibility index (Phi) is 5.27. The third-order valence-corrected chi connectivity index (χ3v) is 3.36. The van der Waals surface area contributed by atoms with Crippen molar-refractivity contribution in [2.24, 2.45) is 0 Å². The van der Waals surface area contributed by atoms with Crippen molar-refractivity contribution >= 4 is 27.9 Å². The zero-order chi connectivity index (χ0) is 16.1. The summed E-state index contributed by atoms with van der Waals surface area (Å²) in [6.45, 7) is -0.0703. The van der Waals surface area contributed by atoms with Crippen LogP contribution in [0.15, 0.2) is 46.9 Å². The molecule has 0 aromatic heterocycles. The maximum Gasteiger partial charge on any atom is 0.341 e. The van der Waals surface area contributed by atoms with Crippen LogP contribution in [0.1, 0.15) is 26.3 Å². The van der Waals surface area contributed by atoms with Crippen LogP contribution < -0.4 is 0 Å². The van der Waals surface area contributed by atoms with E-state index in [4.69, 9.17) is 4.74 Å². The van der Waals surface area contributed by atoms with Crippen molar-refractivity contribution in [3.63, 3.8) is 0 Å². The van der Waals surface area contributed by atoms with Crippen LogP contribution in [-0.4, -0.2) is 19.0 Å². The van der Waals surface area contributed by atoms with E-state index in [0.717, 1.165) is 0 Å². The van der Waals surface area contributed by atoms with E-state index in [1.807, 2.05) is 0 Å².